The van der Waals surface area contributed by atoms with Gasteiger partial charge < -0.3 is 9.47 Å². The summed E-state index contributed by atoms with van der Waals surface area (Å²) in [5.41, 5.74) is 5.34. The number of aromatic nitrogens is 1. The highest BCUT2D eigenvalue weighted by Crippen LogP contribution is 2.11. The number of anilines is 1. The van der Waals surface area contributed by atoms with E-state index in [0.717, 1.165) is 0 Å². The summed E-state index contributed by atoms with van der Waals surface area (Å²) in [6.07, 6.45) is -0.636. The molecule has 0 saturated carbocycles. The number of aryl methyl sites for hydroxylation is 1. The van der Waals surface area contributed by atoms with Crippen LogP contribution in [0.1, 0.15) is 43.7 Å². The van der Waals surface area contributed by atoms with E-state index in [-0.39, 0.29) is 0 Å². The van der Waals surface area contributed by atoms with Gasteiger partial charge in [-0.1, -0.05) is 0 Å². The number of nitrogens with one attached hydrogen (secondary N) is 2. The summed E-state index contributed by atoms with van der Waals surface area (Å²) in [6.45, 7) is 9.04. The minimum atomic E-state index is -0.636. The van der Waals surface area contributed by atoms with Gasteiger partial charge in [0.15, 0.2) is 0 Å². The third-order valence-electron chi connectivity index (χ3n) is 2.16. The SMILES string of the molecule is CCOC(=O)c1cc(C)nc(NNC(=O)OC(C)(C)C)c1. The van der Waals surface area contributed by atoms with E-state index in [9.17, 15) is 9.59 Å². The van der Waals surface area contributed by atoms with E-state index in [0.29, 0.717) is 23.7 Å². The van der Waals surface area contributed by atoms with Crippen molar-refractivity contribution in [2.24, 2.45) is 0 Å². The van der Waals surface area contributed by atoms with Crippen LogP contribution in [0.25, 0.3) is 0 Å². The number of carbonyl (C=O) groups excluding carboxylic acids is 2. The maximum absolute atomic E-state index is 11.7. The average Bonchev–Trinajstić information content (AvgIpc) is 2.34. The summed E-state index contributed by atoms with van der Waals surface area (Å²) in [4.78, 5) is 27.4. The molecule has 1 aromatic heterocycles. The number of amides is 1. The zero-order valence-corrected chi connectivity index (χ0v) is 12.9. The molecule has 0 fully saturated rings. The number of esters is 1. The van der Waals surface area contributed by atoms with E-state index in [1.165, 1.54) is 6.07 Å². The molecule has 0 aliphatic rings. The Hall–Kier alpha value is -2.31. The number of hydrogen-bond donors (Lipinski definition) is 2. The predicted molar refractivity (Wildman–Crippen MR) is 77.9 cm³/mol. The summed E-state index contributed by atoms with van der Waals surface area (Å²) < 4.78 is 10.00. The van der Waals surface area contributed by atoms with Gasteiger partial charge in [-0.2, -0.15) is 0 Å². The lowest BCUT2D eigenvalue weighted by atomic mass is 10.2. The van der Waals surface area contributed by atoms with Gasteiger partial charge in [0, 0.05) is 5.69 Å². The van der Waals surface area contributed by atoms with Crippen LogP contribution >= 0.6 is 0 Å². The molecule has 1 rings (SSSR count). The van der Waals surface area contributed by atoms with Gasteiger partial charge in [-0.3, -0.25) is 5.43 Å². The molecule has 1 amide bonds. The Kier molecular flexibility index (Phi) is 5.52. The first-order valence-corrected chi connectivity index (χ1v) is 6.62. The van der Waals surface area contributed by atoms with Gasteiger partial charge in [0.25, 0.3) is 0 Å². The number of rotatable bonds is 4. The number of nitrogens with zero attached hydrogens (tertiary/aromatic N) is 1. The molecule has 0 saturated heterocycles. The Balaban J connectivity index is 2.71. The number of pyridine rings is 1. The highest BCUT2D eigenvalue weighted by molar-refractivity contribution is 5.90. The molecule has 0 bridgehead atoms. The number of ether oxygens (including phenoxy) is 2. The van der Waals surface area contributed by atoms with Crippen LogP contribution in [0.3, 0.4) is 0 Å². The van der Waals surface area contributed by atoms with Crippen LogP contribution in [0.2, 0.25) is 0 Å². The van der Waals surface area contributed by atoms with Gasteiger partial charge in [0.05, 0.1) is 12.2 Å². The smallest absolute Gasteiger partial charge is 0.426 e. The zero-order chi connectivity index (χ0) is 16.0. The van der Waals surface area contributed by atoms with Crippen molar-refractivity contribution < 1.29 is 19.1 Å². The Bertz CT molecular complexity index is 523. The normalized spacial score (nSPS) is 10.7. The fourth-order valence-electron chi connectivity index (χ4n) is 1.48. The molecule has 116 valence electrons. The maximum atomic E-state index is 11.7. The molecular weight excluding hydrogens is 274 g/mol. The van der Waals surface area contributed by atoms with Gasteiger partial charge in [-0.05, 0) is 46.8 Å². The van der Waals surface area contributed by atoms with Crippen molar-refractivity contribution in [3.05, 3.63) is 23.4 Å². The third kappa shape index (κ3) is 6.11. The molecule has 0 atom stereocenters. The predicted octanol–water partition coefficient (Wildman–Crippen LogP) is 2.42. The Morgan fingerprint density at radius 3 is 2.52 bits per heavy atom. The van der Waals surface area contributed by atoms with Crippen molar-refractivity contribution in [2.45, 2.75) is 40.2 Å². The Labute approximate surface area is 124 Å². The second-order valence-electron chi connectivity index (χ2n) is 5.35. The van der Waals surface area contributed by atoms with Crippen LogP contribution in [0, 0.1) is 6.92 Å². The molecule has 0 aliphatic carbocycles. The van der Waals surface area contributed by atoms with Crippen LogP contribution in [0.4, 0.5) is 10.6 Å². The summed E-state index contributed by atoms with van der Waals surface area (Å²) >= 11 is 0. The minimum absolute atomic E-state index is 0.291. The van der Waals surface area contributed by atoms with Crippen LogP contribution < -0.4 is 10.9 Å². The Morgan fingerprint density at radius 1 is 1.29 bits per heavy atom. The van der Waals surface area contributed by atoms with Crippen LogP contribution in [-0.4, -0.2) is 29.3 Å². The zero-order valence-electron chi connectivity index (χ0n) is 12.9. The molecule has 0 aliphatic heterocycles. The molecule has 1 heterocycles. The van der Waals surface area contributed by atoms with Gasteiger partial charge in [0.1, 0.15) is 11.4 Å². The topological polar surface area (TPSA) is 89.5 Å². The van der Waals surface area contributed by atoms with Crippen LogP contribution in [0.5, 0.6) is 0 Å². The van der Waals surface area contributed by atoms with E-state index in [1.807, 2.05) is 0 Å². The molecule has 2 N–H and O–H groups in total. The molecule has 7 nitrogen and oxygen atoms in total. The fourth-order valence-corrected chi connectivity index (χ4v) is 1.48. The highest BCUT2D eigenvalue weighted by atomic mass is 16.6. The van der Waals surface area contributed by atoms with Crippen molar-refractivity contribution in [1.82, 2.24) is 10.4 Å². The molecule has 1 aromatic rings. The minimum Gasteiger partial charge on any atom is -0.462 e. The largest absolute Gasteiger partial charge is 0.462 e. The van der Waals surface area contributed by atoms with Crippen molar-refractivity contribution in [2.75, 3.05) is 12.0 Å². The Morgan fingerprint density at radius 2 is 1.95 bits per heavy atom. The van der Waals surface area contributed by atoms with Gasteiger partial charge in [-0.25, -0.2) is 20.0 Å². The van der Waals surface area contributed by atoms with Gasteiger partial charge in [-0.15, -0.1) is 0 Å². The van der Waals surface area contributed by atoms with Crippen molar-refractivity contribution in [3.63, 3.8) is 0 Å². The first kappa shape index (κ1) is 16.7. The summed E-state index contributed by atoms with van der Waals surface area (Å²) in [5.74, 6) is -0.118. The van der Waals surface area contributed by atoms with E-state index < -0.39 is 17.7 Å². The van der Waals surface area contributed by atoms with Crippen LogP contribution in [-0.2, 0) is 9.47 Å². The number of hydrogen-bond acceptors (Lipinski definition) is 6. The summed E-state index contributed by atoms with van der Waals surface area (Å²) in [7, 11) is 0. The molecule has 0 aromatic carbocycles. The molecular formula is C14H21N3O4. The van der Waals surface area contributed by atoms with Crippen molar-refractivity contribution in [3.8, 4) is 0 Å². The summed E-state index contributed by atoms with van der Waals surface area (Å²) in [6, 6.07) is 3.10. The van der Waals surface area contributed by atoms with Gasteiger partial charge >= 0.3 is 12.1 Å². The first-order chi connectivity index (χ1) is 9.71. The van der Waals surface area contributed by atoms with Crippen LogP contribution in [0.15, 0.2) is 12.1 Å². The lowest BCUT2D eigenvalue weighted by Gasteiger charge is -2.20. The molecule has 0 radical (unpaired) electrons. The third-order valence-corrected chi connectivity index (χ3v) is 2.16. The maximum Gasteiger partial charge on any atom is 0.426 e. The highest BCUT2D eigenvalue weighted by Gasteiger charge is 2.16. The summed E-state index contributed by atoms with van der Waals surface area (Å²) in [5, 5.41) is 0. The number of hydrazine groups is 1. The standard InChI is InChI=1S/C14H21N3O4/c1-6-20-12(18)10-7-9(2)15-11(8-10)16-17-13(19)21-14(3,4)5/h7-8H,6H2,1-5H3,(H,15,16)(H,17,19). The lowest BCUT2D eigenvalue weighted by Crippen LogP contribution is -2.36. The van der Waals surface area contributed by atoms with E-state index in [1.54, 1.807) is 40.7 Å². The first-order valence-electron chi connectivity index (χ1n) is 6.62. The second kappa shape index (κ2) is 6.92. The lowest BCUT2D eigenvalue weighted by molar-refractivity contribution is 0.0522. The monoisotopic (exact) mass is 295 g/mol. The van der Waals surface area contributed by atoms with Crippen molar-refractivity contribution in [1.29, 1.82) is 0 Å². The molecule has 0 spiro atoms. The number of carbonyl (C=O) groups is 2. The average molecular weight is 295 g/mol. The fraction of sp³-hybridized carbons (Fsp3) is 0.500. The quantitative estimate of drug-likeness (QED) is 0.655. The molecule has 7 heteroatoms. The molecule has 0 unspecified atom stereocenters. The van der Waals surface area contributed by atoms with Gasteiger partial charge in [0.2, 0.25) is 0 Å². The molecule has 21 heavy (non-hydrogen) atoms. The van der Waals surface area contributed by atoms with Crippen molar-refractivity contribution >= 4 is 17.9 Å². The van der Waals surface area contributed by atoms with E-state index in [2.05, 4.69) is 15.8 Å². The second-order valence-corrected chi connectivity index (χ2v) is 5.35. The van der Waals surface area contributed by atoms with E-state index >= 15 is 0 Å². The van der Waals surface area contributed by atoms with E-state index in [4.69, 9.17) is 9.47 Å².